The molecule has 13 heteroatoms. The summed E-state index contributed by atoms with van der Waals surface area (Å²) in [6.45, 7) is 3.97. The van der Waals surface area contributed by atoms with E-state index in [1.165, 1.54) is 18.2 Å². The van der Waals surface area contributed by atoms with Crippen LogP contribution in [-0.4, -0.2) is 41.1 Å². The molecule has 0 bridgehead atoms. The van der Waals surface area contributed by atoms with Gasteiger partial charge in [0.05, 0.1) is 22.5 Å². The number of primary amides is 1. The lowest BCUT2D eigenvalue weighted by atomic mass is 10.1. The van der Waals surface area contributed by atoms with Gasteiger partial charge in [0.15, 0.2) is 0 Å². The van der Waals surface area contributed by atoms with Crippen LogP contribution in [0.15, 0.2) is 53.6 Å². The first-order valence-corrected chi connectivity index (χ1v) is 12.3. The summed E-state index contributed by atoms with van der Waals surface area (Å²) in [7, 11) is -4.56. The van der Waals surface area contributed by atoms with Crippen LogP contribution in [0.3, 0.4) is 0 Å². The van der Waals surface area contributed by atoms with Crippen molar-refractivity contribution in [2.45, 2.75) is 37.9 Å². The number of carbonyl (C=O) groups is 1. The summed E-state index contributed by atoms with van der Waals surface area (Å²) in [6, 6.07) is 7.77. The molecule has 4 aromatic rings. The first-order valence-electron chi connectivity index (χ1n) is 10.8. The summed E-state index contributed by atoms with van der Waals surface area (Å²) in [4.78, 5) is 20.7. The molecule has 0 spiro atoms. The molecule has 8 nitrogen and oxygen atoms in total. The number of nitrogens with zero attached hydrogens (tertiary/aromatic N) is 3. The highest BCUT2D eigenvalue weighted by atomic mass is 32.2. The van der Waals surface area contributed by atoms with Gasteiger partial charge in [-0.1, -0.05) is 6.07 Å². The van der Waals surface area contributed by atoms with E-state index in [2.05, 4.69) is 9.97 Å². The molecule has 3 heterocycles. The van der Waals surface area contributed by atoms with Crippen LogP contribution in [0.4, 0.5) is 17.6 Å². The Morgan fingerprint density at radius 1 is 1.14 bits per heavy atom. The van der Waals surface area contributed by atoms with E-state index in [1.54, 1.807) is 41.3 Å². The summed E-state index contributed by atoms with van der Waals surface area (Å²) in [5.41, 5.74) is 7.13. The van der Waals surface area contributed by atoms with Gasteiger partial charge in [-0.05, 0) is 62.7 Å². The fourth-order valence-corrected chi connectivity index (χ4v) is 5.02. The lowest BCUT2D eigenvalue weighted by Crippen LogP contribution is -2.42. The topological polar surface area (TPSA) is 120 Å². The lowest BCUT2D eigenvalue weighted by molar-refractivity contribution is -0.147. The standard InChI is InChI=1S/C24H21F4N5O3S/c1-12-9-19-16(10-17(12)25)21(23(29)34)22(33(19)20-6-4-5-13(2)31-20)18-8-7-15(11-30-18)37(35,36)32-14(3)24(26,27)28/h4-11,14,32H,1-3H3,(H2,29,34)/t14-/m0/s1. The average molecular weight is 536 g/mol. The Morgan fingerprint density at radius 2 is 1.84 bits per heavy atom. The predicted molar refractivity (Wildman–Crippen MR) is 128 cm³/mol. The minimum Gasteiger partial charge on any atom is -0.366 e. The minimum absolute atomic E-state index is 0.0641. The molecule has 0 unspecified atom stereocenters. The number of amides is 1. The highest BCUT2D eigenvalue weighted by Gasteiger charge is 2.39. The smallest absolute Gasteiger partial charge is 0.366 e. The third-order valence-corrected chi connectivity index (χ3v) is 7.23. The molecule has 1 aromatic carbocycles. The number of benzene rings is 1. The summed E-state index contributed by atoms with van der Waals surface area (Å²) in [6.07, 6.45) is -3.92. The van der Waals surface area contributed by atoms with Gasteiger partial charge in [0, 0.05) is 17.3 Å². The van der Waals surface area contributed by atoms with E-state index < -0.39 is 38.9 Å². The second-order valence-corrected chi connectivity index (χ2v) is 10.2. The zero-order chi connectivity index (χ0) is 27.3. The molecule has 0 aliphatic carbocycles. The predicted octanol–water partition coefficient (Wildman–Crippen LogP) is 4.17. The van der Waals surface area contributed by atoms with Crippen molar-refractivity contribution < 1.29 is 30.8 Å². The fraction of sp³-hybridized carbons (Fsp3) is 0.208. The van der Waals surface area contributed by atoms with E-state index in [0.717, 1.165) is 12.3 Å². The molecule has 0 radical (unpaired) electrons. The Balaban J connectivity index is 1.95. The number of carbonyl (C=O) groups excluding carboxylic acids is 1. The van der Waals surface area contributed by atoms with Gasteiger partial charge in [0.25, 0.3) is 5.91 Å². The monoisotopic (exact) mass is 535 g/mol. The van der Waals surface area contributed by atoms with Gasteiger partial charge < -0.3 is 5.73 Å². The maximum atomic E-state index is 14.5. The minimum atomic E-state index is -4.79. The number of nitrogens with two attached hydrogens (primary N) is 1. The van der Waals surface area contributed by atoms with Gasteiger partial charge in [-0.2, -0.15) is 17.9 Å². The maximum absolute atomic E-state index is 14.5. The van der Waals surface area contributed by atoms with Gasteiger partial charge in [-0.15, -0.1) is 0 Å². The van der Waals surface area contributed by atoms with Crippen LogP contribution >= 0.6 is 0 Å². The molecular formula is C24H21F4N5O3S. The third-order valence-electron chi connectivity index (χ3n) is 5.71. The van der Waals surface area contributed by atoms with Gasteiger partial charge in [0.1, 0.15) is 22.6 Å². The number of aromatic nitrogens is 3. The zero-order valence-electron chi connectivity index (χ0n) is 19.8. The van der Waals surface area contributed by atoms with E-state index in [1.807, 2.05) is 0 Å². The second kappa shape index (κ2) is 9.23. The Kier molecular flexibility index (Phi) is 6.54. The molecule has 0 saturated carbocycles. The molecule has 1 atom stereocenters. The van der Waals surface area contributed by atoms with Crippen molar-refractivity contribution >= 4 is 26.8 Å². The van der Waals surface area contributed by atoms with E-state index in [-0.39, 0.29) is 22.3 Å². The number of nitrogens with one attached hydrogen (secondary N) is 1. The van der Waals surface area contributed by atoms with Crippen LogP contribution in [0, 0.1) is 19.7 Å². The number of pyridine rings is 2. The summed E-state index contributed by atoms with van der Waals surface area (Å²) in [5, 5.41) is 0.188. The van der Waals surface area contributed by atoms with Crippen molar-refractivity contribution in [3.05, 3.63) is 71.3 Å². The zero-order valence-corrected chi connectivity index (χ0v) is 20.6. The Bertz CT molecular complexity index is 1630. The molecule has 3 aromatic heterocycles. The molecule has 0 aliphatic rings. The van der Waals surface area contributed by atoms with Crippen molar-refractivity contribution in [2.75, 3.05) is 0 Å². The number of alkyl halides is 3. The van der Waals surface area contributed by atoms with Crippen LogP contribution in [0.1, 0.15) is 28.5 Å². The summed E-state index contributed by atoms with van der Waals surface area (Å²) >= 11 is 0. The van der Waals surface area contributed by atoms with Crippen LogP contribution in [0.5, 0.6) is 0 Å². The van der Waals surface area contributed by atoms with Crippen LogP contribution in [0.25, 0.3) is 28.1 Å². The van der Waals surface area contributed by atoms with Crippen molar-refractivity contribution in [1.82, 2.24) is 19.3 Å². The van der Waals surface area contributed by atoms with Gasteiger partial charge in [-0.25, -0.2) is 17.8 Å². The van der Waals surface area contributed by atoms with Gasteiger partial charge in [0.2, 0.25) is 10.0 Å². The molecule has 194 valence electrons. The largest absolute Gasteiger partial charge is 0.404 e. The molecule has 1 amide bonds. The van der Waals surface area contributed by atoms with E-state index in [9.17, 15) is 30.8 Å². The van der Waals surface area contributed by atoms with Crippen molar-refractivity contribution in [3.63, 3.8) is 0 Å². The van der Waals surface area contributed by atoms with Crippen molar-refractivity contribution in [2.24, 2.45) is 5.73 Å². The maximum Gasteiger partial charge on any atom is 0.404 e. The van der Waals surface area contributed by atoms with Gasteiger partial charge in [-0.3, -0.25) is 14.3 Å². The number of aryl methyl sites for hydroxylation is 2. The van der Waals surface area contributed by atoms with Crippen LogP contribution in [0.2, 0.25) is 0 Å². The van der Waals surface area contributed by atoms with Gasteiger partial charge >= 0.3 is 6.18 Å². The normalized spacial score (nSPS) is 13.2. The highest BCUT2D eigenvalue weighted by Crippen LogP contribution is 2.36. The summed E-state index contributed by atoms with van der Waals surface area (Å²) in [5.74, 6) is -1.11. The van der Waals surface area contributed by atoms with Crippen molar-refractivity contribution in [1.29, 1.82) is 0 Å². The molecule has 4 rings (SSSR count). The molecular weight excluding hydrogens is 514 g/mol. The lowest BCUT2D eigenvalue weighted by Gasteiger charge is -2.17. The van der Waals surface area contributed by atoms with E-state index in [4.69, 9.17) is 5.73 Å². The van der Waals surface area contributed by atoms with E-state index >= 15 is 0 Å². The molecule has 0 aliphatic heterocycles. The molecule has 3 N–H and O–H groups in total. The van der Waals surface area contributed by atoms with Crippen molar-refractivity contribution in [3.8, 4) is 17.2 Å². The number of rotatable bonds is 6. The number of fused-ring (bicyclic) bond motifs is 1. The number of hydrogen-bond donors (Lipinski definition) is 2. The SMILES string of the molecule is Cc1cccc(-n2c(-c3ccc(S(=O)(=O)N[C@@H](C)C(F)(F)F)cn3)c(C(N)=O)c3cc(F)c(C)cc32)n1. The average Bonchev–Trinajstić information content (AvgIpc) is 3.12. The number of sulfonamides is 1. The summed E-state index contributed by atoms with van der Waals surface area (Å²) < 4.78 is 81.2. The quantitative estimate of drug-likeness (QED) is 0.359. The Hall–Kier alpha value is -3.84. The first-order chi connectivity index (χ1) is 17.2. The third kappa shape index (κ3) is 4.91. The Labute approximate surface area is 209 Å². The van der Waals surface area contributed by atoms with Crippen LogP contribution in [-0.2, 0) is 10.0 Å². The molecule has 37 heavy (non-hydrogen) atoms. The number of hydrogen-bond acceptors (Lipinski definition) is 5. The fourth-order valence-electron chi connectivity index (χ4n) is 3.84. The second-order valence-electron chi connectivity index (χ2n) is 8.44. The first kappa shape index (κ1) is 26.2. The molecule has 0 fully saturated rings. The molecule has 0 saturated heterocycles. The van der Waals surface area contributed by atoms with Crippen LogP contribution < -0.4 is 10.5 Å². The number of halogens is 4. The highest BCUT2D eigenvalue weighted by molar-refractivity contribution is 7.89. The van der Waals surface area contributed by atoms with E-state index in [0.29, 0.717) is 29.5 Å². The Morgan fingerprint density at radius 3 is 2.41 bits per heavy atom.